The molecule has 1 aromatic rings. The summed E-state index contributed by atoms with van der Waals surface area (Å²) < 4.78 is 0. The normalized spacial score (nSPS) is 10.1. The SMILES string of the molecule is CCCCNCC(=O)Nc1ccccc1C. The Bertz CT molecular complexity index is 336. The fourth-order valence-corrected chi connectivity index (χ4v) is 1.41. The minimum atomic E-state index is 0.0189. The number of para-hydroxylation sites is 1. The second-order valence-electron chi connectivity index (χ2n) is 3.89. The Morgan fingerprint density at radius 1 is 1.31 bits per heavy atom. The molecule has 0 fully saturated rings. The lowest BCUT2D eigenvalue weighted by Gasteiger charge is -2.08. The molecule has 1 amide bonds. The molecule has 88 valence electrons. The van der Waals surface area contributed by atoms with Crippen LogP contribution in [-0.2, 0) is 4.79 Å². The first-order valence-corrected chi connectivity index (χ1v) is 5.80. The molecule has 0 aliphatic carbocycles. The van der Waals surface area contributed by atoms with Crippen LogP contribution in [0, 0.1) is 6.92 Å². The fourth-order valence-electron chi connectivity index (χ4n) is 1.41. The van der Waals surface area contributed by atoms with Gasteiger partial charge in [-0.2, -0.15) is 0 Å². The number of carbonyl (C=O) groups excluding carboxylic acids is 1. The van der Waals surface area contributed by atoms with Gasteiger partial charge in [-0.05, 0) is 31.5 Å². The summed E-state index contributed by atoms with van der Waals surface area (Å²) in [4.78, 5) is 11.6. The Morgan fingerprint density at radius 2 is 2.06 bits per heavy atom. The van der Waals surface area contributed by atoms with Crippen molar-refractivity contribution in [1.29, 1.82) is 0 Å². The zero-order chi connectivity index (χ0) is 11.8. The number of aryl methyl sites for hydroxylation is 1. The number of amides is 1. The smallest absolute Gasteiger partial charge is 0.238 e. The van der Waals surface area contributed by atoms with Gasteiger partial charge in [-0.15, -0.1) is 0 Å². The number of hydrogen-bond donors (Lipinski definition) is 2. The second kappa shape index (κ2) is 7.01. The minimum Gasteiger partial charge on any atom is -0.325 e. The third-order valence-corrected chi connectivity index (χ3v) is 2.41. The van der Waals surface area contributed by atoms with Crippen molar-refractivity contribution >= 4 is 11.6 Å². The molecule has 2 N–H and O–H groups in total. The molecule has 0 aliphatic rings. The average Bonchev–Trinajstić information content (AvgIpc) is 2.28. The second-order valence-corrected chi connectivity index (χ2v) is 3.89. The summed E-state index contributed by atoms with van der Waals surface area (Å²) in [5.74, 6) is 0.0189. The third kappa shape index (κ3) is 4.45. The van der Waals surface area contributed by atoms with Crippen LogP contribution in [0.1, 0.15) is 25.3 Å². The summed E-state index contributed by atoms with van der Waals surface area (Å²) in [6, 6.07) is 7.79. The minimum absolute atomic E-state index is 0.0189. The first kappa shape index (κ1) is 12.7. The highest BCUT2D eigenvalue weighted by Crippen LogP contribution is 2.12. The van der Waals surface area contributed by atoms with Crippen LogP contribution in [-0.4, -0.2) is 19.0 Å². The van der Waals surface area contributed by atoms with Crippen LogP contribution in [0.15, 0.2) is 24.3 Å². The first-order chi connectivity index (χ1) is 7.74. The van der Waals surface area contributed by atoms with E-state index in [-0.39, 0.29) is 5.91 Å². The van der Waals surface area contributed by atoms with Crippen LogP contribution < -0.4 is 10.6 Å². The number of hydrogen-bond acceptors (Lipinski definition) is 2. The van der Waals surface area contributed by atoms with Crippen molar-refractivity contribution in [3.63, 3.8) is 0 Å². The van der Waals surface area contributed by atoms with E-state index in [1.165, 1.54) is 0 Å². The molecule has 0 bridgehead atoms. The molecular weight excluding hydrogens is 200 g/mol. The van der Waals surface area contributed by atoms with Crippen molar-refractivity contribution in [1.82, 2.24) is 5.32 Å². The Kier molecular flexibility index (Phi) is 5.57. The maximum atomic E-state index is 11.6. The van der Waals surface area contributed by atoms with Gasteiger partial charge in [0.25, 0.3) is 0 Å². The van der Waals surface area contributed by atoms with Gasteiger partial charge in [-0.25, -0.2) is 0 Å². The largest absolute Gasteiger partial charge is 0.325 e. The third-order valence-electron chi connectivity index (χ3n) is 2.41. The van der Waals surface area contributed by atoms with Crippen LogP contribution in [0.25, 0.3) is 0 Å². The van der Waals surface area contributed by atoms with Crippen LogP contribution in [0.4, 0.5) is 5.69 Å². The van der Waals surface area contributed by atoms with Gasteiger partial charge in [0.05, 0.1) is 6.54 Å². The molecule has 16 heavy (non-hydrogen) atoms. The predicted octanol–water partition coefficient (Wildman–Crippen LogP) is 2.32. The van der Waals surface area contributed by atoms with Gasteiger partial charge in [0.15, 0.2) is 0 Å². The van der Waals surface area contributed by atoms with Crippen LogP contribution >= 0.6 is 0 Å². The van der Waals surface area contributed by atoms with Gasteiger partial charge in [0.2, 0.25) is 5.91 Å². The van der Waals surface area contributed by atoms with Crippen LogP contribution in [0.2, 0.25) is 0 Å². The topological polar surface area (TPSA) is 41.1 Å². The molecule has 0 aromatic heterocycles. The van der Waals surface area contributed by atoms with Crippen molar-refractivity contribution in [2.75, 3.05) is 18.4 Å². The monoisotopic (exact) mass is 220 g/mol. The molecule has 3 nitrogen and oxygen atoms in total. The van der Waals surface area contributed by atoms with Crippen molar-refractivity contribution in [3.05, 3.63) is 29.8 Å². The van der Waals surface area contributed by atoms with Gasteiger partial charge in [-0.3, -0.25) is 4.79 Å². The van der Waals surface area contributed by atoms with Crippen molar-refractivity contribution < 1.29 is 4.79 Å². The molecule has 1 rings (SSSR count). The molecule has 1 aromatic carbocycles. The lowest BCUT2D eigenvalue weighted by atomic mass is 10.2. The number of rotatable bonds is 6. The fraction of sp³-hybridized carbons (Fsp3) is 0.462. The van der Waals surface area contributed by atoms with Gasteiger partial charge >= 0.3 is 0 Å². The highest BCUT2D eigenvalue weighted by molar-refractivity contribution is 5.92. The molecule has 3 heteroatoms. The lowest BCUT2D eigenvalue weighted by molar-refractivity contribution is -0.115. The molecule has 0 aliphatic heterocycles. The van der Waals surface area contributed by atoms with E-state index in [0.29, 0.717) is 6.54 Å². The van der Waals surface area contributed by atoms with Crippen LogP contribution in [0.5, 0.6) is 0 Å². The standard InChI is InChI=1S/C13H20N2O/c1-3-4-9-14-10-13(16)15-12-8-6-5-7-11(12)2/h5-8,14H,3-4,9-10H2,1-2H3,(H,15,16). The number of unbranched alkanes of at least 4 members (excludes halogenated alkanes) is 1. The molecule has 0 saturated carbocycles. The Hall–Kier alpha value is -1.35. The molecule has 0 radical (unpaired) electrons. The number of benzene rings is 1. The van der Waals surface area contributed by atoms with E-state index in [1.54, 1.807) is 0 Å². The van der Waals surface area contributed by atoms with Gasteiger partial charge < -0.3 is 10.6 Å². The molecule has 0 unspecified atom stereocenters. The lowest BCUT2D eigenvalue weighted by Crippen LogP contribution is -2.28. The van der Waals surface area contributed by atoms with E-state index in [1.807, 2.05) is 31.2 Å². The van der Waals surface area contributed by atoms with Gasteiger partial charge in [0, 0.05) is 5.69 Å². The molecular formula is C13H20N2O. The molecule has 0 atom stereocenters. The Morgan fingerprint density at radius 3 is 2.75 bits per heavy atom. The van der Waals surface area contributed by atoms with Crippen molar-refractivity contribution in [3.8, 4) is 0 Å². The predicted molar refractivity (Wildman–Crippen MR) is 67.6 cm³/mol. The number of nitrogens with one attached hydrogen (secondary N) is 2. The average molecular weight is 220 g/mol. The summed E-state index contributed by atoms with van der Waals surface area (Å²) >= 11 is 0. The maximum Gasteiger partial charge on any atom is 0.238 e. The zero-order valence-corrected chi connectivity index (χ0v) is 10.0. The summed E-state index contributed by atoms with van der Waals surface area (Å²) in [5, 5.41) is 6.00. The number of carbonyl (C=O) groups is 1. The van der Waals surface area contributed by atoms with E-state index in [9.17, 15) is 4.79 Å². The van der Waals surface area contributed by atoms with Crippen molar-refractivity contribution in [2.24, 2.45) is 0 Å². The molecule has 0 spiro atoms. The van der Waals surface area contributed by atoms with Crippen molar-refractivity contribution in [2.45, 2.75) is 26.7 Å². The van der Waals surface area contributed by atoms with E-state index < -0.39 is 0 Å². The van der Waals surface area contributed by atoms with Crippen LogP contribution in [0.3, 0.4) is 0 Å². The van der Waals surface area contributed by atoms with E-state index in [4.69, 9.17) is 0 Å². The van der Waals surface area contributed by atoms with E-state index in [0.717, 1.165) is 30.6 Å². The first-order valence-electron chi connectivity index (χ1n) is 5.80. The Balaban J connectivity index is 2.32. The summed E-state index contributed by atoms with van der Waals surface area (Å²) in [6.45, 7) is 5.40. The number of anilines is 1. The highest BCUT2D eigenvalue weighted by Gasteiger charge is 2.02. The summed E-state index contributed by atoms with van der Waals surface area (Å²) in [7, 11) is 0. The summed E-state index contributed by atoms with van der Waals surface area (Å²) in [5.41, 5.74) is 1.98. The molecule has 0 heterocycles. The maximum absolute atomic E-state index is 11.6. The summed E-state index contributed by atoms with van der Waals surface area (Å²) in [6.07, 6.45) is 2.25. The quantitative estimate of drug-likeness (QED) is 0.722. The highest BCUT2D eigenvalue weighted by atomic mass is 16.1. The van der Waals surface area contributed by atoms with Gasteiger partial charge in [-0.1, -0.05) is 31.5 Å². The van der Waals surface area contributed by atoms with Gasteiger partial charge in [0.1, 0.15) is 0 Å². The molecule has 0 saturated heterocycles. The zero-order valence-electron chi connectivity index (χ0n) is 10.0. The van der Waals surface area contributed by atoms with E-state index >= 15 is 0 Å². The Labute approximate surface area is 97.2 Å². The van der Waals surface area contributed by atoms with E-state index in [2.05, 4.69) is 17.6 Å².